The van der Waals surface area contributed by atoms with E-state index in [0.717, 1.165) is 31.1 Å². The first-order valence-electron chi connectivity index (χ1n) is 5.66. The van der Waals surface area contributed by atoms with Crippen LogP contribution in [-0.4, -0.2) is 24.1 Å². The summed E-state index contributed by atoms with van der Waals surface area (Å²) >= 11 is 0. The Hall–Kier alpha value is -0.870. The summed E-state index contributed by atoms with van der Waals surface area (Å²) in [4.78, 5) is 4.49. The molecule has 0 aliphatic carbocycles. The summed E-state index contributed by atoms with van der Waals surface area (Å²) in [6.07, 6.45) is 4.91. The van der Waals surface area contributed by atoms with Crippen LogP contribution in [0.15, 0.2) is 10.7 Å². The van der Waals surface area contributed by atoms with E-state index in [1.165, 1.54) is 12.8 Å². The molecule has 2 atom stereocenters. The van der Waals surface area contributed by atoms with Gasteiger partial charge < -0.3 is 15.5 Å². The van der Waals surface area contributed by atoms with Crippen LogP contribution in [0, 0.1) is 0 Å². The van der Waals surface area contributed by atoms with Crippen molar-refractivity contribution in [2.75, 3.05) is 13.1 Å². The zero-order chi connectivity index (χ0) is 10.7. The maximum Gasteiger partial charge on any atom is 0.198 e. The minimum atomic E-state index is 0.146. The van der Waals surface area contributed by atoms with Crippen LogP contribution in [-0.2, 0) is 6.42 Å². The molecule has 0 saturated carbocycles. The molecule has 0 radical (unpaired) electrons. The van der Waals surface area contributed by atoms with Crippen LogP contribution in [0.4, 0.5) is 0 Å². The van der Waals surface area contributed by atoms with E-state index >= 15 is 0 Å². The Labute approximate surface area is 90.2 Å². The zero-order valence-electron chi connectivity index (χ0n) is 9.20. The third-order valence-corrected chi connectivity index (χ3v) is 2.75. The second kappa shape index (κ2) is 4.77. The van der Waals surface area contributed by atoms with Gasteiger partial charge in [0.25, 0.3) is 0 Å². The quantitative estimate of drug-likeness (QED) is 0.780. The van der Waals surface area contributed by atoms with Gasteiger partial charge >= 0.3 is 0 Å². The van der Waals surface area contributed by atoms with Crippen LogP contribution >= 0.6 is 0 Å². The molecule has 0 amide bonds. The first kappa shape index (κ1) is 10.6. The van der Waals surface area contributed by atoms with Crippen molar-refractivity contribution in [3.05, 3.63) is 17.8 Å². The van der Waals surface area contributed by atoms with Gasteiger partial charge in [-0.2, -0.15) is 0 Å². The molecule has 1 aliphatic heterocycles. The molecule has 0 spiro atoms. The van der Waals surface area contributed by atoms with E-state index < -0.39 is 0 Å². The molecule has 1 aliphatic rings. The Kier molecular flexibility index (Phi) is 3.38. The minimum Gasteiger partial charge on any atom is -0.448 e. The fourth-order valence-corrected chi connectivity index (χ4v) is 2.00. The summed E-state index contributed by atoms with van der Waals surface area (Å²) in [5.41, 5.74) is 6.70. The normalized spacial score (nSPS) is 24.0. The van der Waals surface area contributed by atoms with Crippen molar-refractivity contribution in [1.29, 1.82) is 0 Å². The largest absolute Gasteiger partial charge is 0.448 e. The summed E-state index contributed by atoms with van der Waals surface area (Å²) < 4.78 is 5.50. The molecule has 2 heterocycles. The van der Waals surface area contributed by atoms with Crippen molar-refractivity contribution in [3.63, 3.8) is 0 Å². The Morgan fingerprint density at radius 3 is 3.27 bits per heavy atom. The van der Waals surface area contributed by atoms with Gasteiger partial charge in [0.1, 0.15) is 6.26 Å². The number of hydrogen-bond acceptors (Lipinski definition) is 4. The van der Waals surface area contributed by atoms with Crippen molar-refractivity contribution in [3.8, 4) is 0 Å². The highest BCUT2D eigenvalue weighted by Gasteiger charge is 2.20. The lowest BCUT2D eigenvalue weighted by atomic mass is 10.00. The third-order valence-electron chi connectivity index (χ3n) is 2.75. The van der Waals surface area contributed by atoms with Gasteiger partial charge in [0.05, 0.1) is 5.69 Å². The van der Waals surface area contributed by atoms with E-state index in [2.05, 4.69) is 10.3 Å². The fraction of sp³-hybridized carbons (Fsp3) is 0.727. The first-order valence-corrected chi connectivity index (χ1v) is 5.66. The molecule has 15 heavy (non-hydrogen) atoms. The van der Waals surface area contributed by atoms with Gasteiger partial charge in [0.15, 0.2) is 5.89 Å². The van der Waals surface area contributed by atoms with Gasteiger partial charge in [-0.15, -0.1) is 0 Å². The van der Waals surface area contributed by atoms with Crippen molar-refractivity contribution >= 4 is 0 Å². The van der Waals surface area contributed by atoms with E-state index in [-0.39, 0.29) is 6.04 Å². The molecule has 0 aromatic carbocycles. The van der Waals surface area contributed by atoms with Crippen molar-refractivity contribution in [1.82, 2.24) is 10.3 Å². The number of hydrogen-bond donors (Lipinski definition) is 2. The number of aromatic nitrogens is 1. The molecule has 4 heteroatoms. The topological polar surface area (TPSA) is 64.1 Å². The predicted octanol–water partition coefficient (Wildman–Crippen LogP) is 1.03. The smallest absolute Gasteiger partial charge is 0.198 e. The number of piperidine rings is 1. The van der Waals surface area contributed by atoms with E-state index in [1.54, 1.807) is 6.26 Å². The summed E-state index contributed by atoms with van der Waals surface area (Å²) in [6, 6.07) is 0.146. The summed E-state index contributed by atoms with van der Waals surface area (Å²) in [7, 11) is 0. The third kappa shape index (κ3) is 2.79. The van der Waals surface area contributed by atoms with E-state index in [9.17, 15) is 0 Å². The lowest BCUT2D eigenvalue weighted by molar-refractivity contribution is 0.376. The Morgan fingerprint density at radius 1 is 1.73 bits per heavy atom. The minimum absolute atomic E-state index is 0.146. The van der Waals surface area contributed by atoms with Gasteiger partial charge in [-0.25, -0.2) is 4.98 Å². The number of nitrogens with zero attached hydrogens (tertiary/aromatic N) is 1. The highest BCUT2D eigenvalue weighted by Crippen LogP contribution is 2.22. The monoisotopic (exact) mass is 209 g/mol. The van der Waals surface area contributed by atoms with E-state index in [4.69, 9.17) is 10.2 Å². The fourth-order valence-electron chi connectivity index (χ4n) is 2.00. The maximum absolute atomic E-state index is 5.72. The Balaban J connectivity index is 1.99. The van der Waals surface area contributed by atoms with Crippen LogP contribution in [0.3, 0.4) is 0 Å². The molecule has 1 aromatic rings. The van der Waals surface area contributed by atoms with Gasteiger partial charge in [-0.1, -0.05) is 0 Å². The average molecular weight is 209 g/mol. The molecule has 1 saturated heterocycles. The maximum atomic E-state index is 5.72. The lowest BCUT2D eigenvalue weighted by Crippen LogP contribution is -2.28. The van der Waals surface area contributed by atoms with Gasteiger partial charge in [-0.05, 0) is 26.3 Å². The highest BCUT2D eigenvalue weighted by molar-refractivity contribution is 5.03. The molecule has 4 nitrogen and oxygen atoms in total. The van der Waals surface area contributed by atoms with Crippen LogP contribution in [0.5, 0.6) is 0 Å². The van der Waals surface area contributed by atoms with Crippen LogP contribution < -0.4 is 11.1 Å². The van der Waals surface area contributed by atoms with Gasteiger partial charge in [-0.3, -0.25) is 0 Å². The average Bonchev–Trinajstić information content (AvgIpc) is 2.67. The van der Waals surface area contributed by atoms with Gasteiger partial charge in [0.2, 0.25) is 0 Å². The number of nitrogens with two attached hydrogens (primary N) is 1. The van der Waals surface area contributed by atoms with E-state index in [0.29, 0.717) is 5.92 Å². The van der Waals surface area contributed by atoms with Crippen molar-refractivity contribution in [2.45, 2.75) is 38.1 Å². The first-order chi connectivity index (χ1) is 7.25. The SMILES string of the molecule is CC(N)Cc1coc(C2CCCNC2)n1. The summed E-state index contributed by atoms with van der Waals surface area (Å²) in [5.74, 6) is 1.32. The number of oxazole rings is 1. The standard InChI is InChI=1S/C11H19N3O/c1-8(12)5-10-7-15-11(14-10)9-3-2-4-13-6-9/h7-9,13H,2-6,12H2,1H3. The highest BCUT2D eigenvalue weighted by atomic mass is 16.3. The van der Waals surface area contributed by atoms with E-state index in [1.807, 2.05) is 6.92 Å². The molecular formula is C11H19N3O. The second-order valence-corrected chi connectivity index (χ2v) is 4.40. The summed E-state index contributed by atoms with van der Waals surface area (Å²) in [6.45, 7) is 4.08. The zero-order valence-corrected chi connectivity index (χ0v) is 9.20. The molecule has 1 aromatic heterocycles. The van der Waals surface area contributed by atoms with Crippen LogP contribution in [0.25, 0.3) is 0 Å². The molecule has 2 unspecified atom stereocenters. The molecule has 84 valence electrons. The van der Waals surface area contributed by atoms with Crippen LogP contribution in [0.1, 0.15) is 37.3 Å². The predicted molar refractivity (Wildman–Crippen MR) is 58.7 cm³/mol. The molecule has 2 rings (SSSR count). The molecule has 1 fully saturated rings. The lowest BCUT2D eigenvalue weighted by Gasteiger charge is -2.19. The Morgan fingerprint density at radius 2 is 2.60 bits per heavy atom. The molecule has 3 N–H and O–H groups in total. The van der Waals surface area contributed by atoms with Crippen molar-refractivity contribution in [2.24, 2.45) is 5.73 Å². The van der Waals surface area contributed by atoms with Crippen LogP contribution in [0.2, 0.25) is 0 Å². The molecular weight excluding hydrogens is 190 g/mol. The Bertz CT molecular complexity index is 303. The number of rotatable bonds is 3. The van der Waals surface area contributed by atoms with Gasteiger partial charge in [0, 0.05) is 24.9 Å². The van der Waals surface area contributed by atoms with Crippen molar-refractivity contribution < 1.29 is 4.42 Å². The number of nitrogens with one attached hydrogen (secondary N) is 1. The second-order valence-electron chi connectivity index (χ2n) is 4.40. The molecule has 0 bridgehead atoms. The summed E-state index contributed by atoms with van der Waals surface area (Å²) in [5, 5.41) is 3.36.